The van der Waals surface area contributed by atoms with E-state index in [0.29, 0.717) is 6.54 Å². The van der Waals surface area contributed by atoms with Crippen molar-refractivity contribution < 1.29 is 147 Å². The smallest absolute Gasteiger partial charge is 0.810 e. The zero-order valence-electron chi connectivity index (χ0n) is 21.8. The van der Waals surface area contributed by atoms with E-state index in [1.165, 1.54) is 22.0 Å². The Morgan fingerprint density at radius 2 is 1.35 bits per heavy atom. The summed E-state index contributed by atoms with van der Waals surface area (Å²) in [6, 6.07) is 0. The molecule has 34 heavy (non-hydrogen) atoms. The maximum absolute atomic E-state index is 11.1. The topological polar surface area (TPSA) is 157 Å². The second kappa shape index (κ2) is 21.5. The van der Waals surface area contributed by atoms with Crippen LogP contribution < -0.4 is 138 Å². The number of allylic oxidation sites excluding steroid dienone is 6. The third-order valence-electron chi connectivity index (χ3n) is 4.46. The molecular formula is C19H29N3Na4O6P2. The Labute approximate surface area is 291 Å². The van der Waals surface area contributed by atoms with Gasteiger partial charge in [0.15, 0.2) is 0 Å². The van der Waals surface area contributed by atoms with Crippen molar-refractivity contribution in [3.63, 3.8) is 0 Å². The van der Waals surface area contributed by atoms with Crippen LogP contribution >= 0.6 is 15.2 Å². The summed E-state index contributed by atoms with van der Waals surface area (Å²) >= 11 is 0. The minimum Gasteiger partial charge on any atom is -0.810 e. The van der Waals surface area contributed by atoms with Crippen LogP contribution in [-0.4, -0.2) is 20.4 Å². The van der Waals surface area contributed by atoms with Gasteiger partial charge in [0.1, 0.15) is 0 Å². The van der Waals surface area contributed by atoms with Gasteiger partial charge in [-0.15, -0.1) is 5.10 Å². The predicted octanol–water partition coefficient (Wildman–Crippen LogP) is -10.6. The molecule has 15 heteroatoms. The molecule has 1 rings (SSSR count). The quantitative estimate of drug-likeness (QED) is 0.141. The molecule has 0 aliphatic heterocycles. The molecule has 0 aliphatic carbocycles. The summed E-state index contributed by atoms with van der Waals surface area (Å²) in [4.78, 5) is 44.3. The zero-order valence-corrected chi connectivity index (χ0v) is 31.6. The van der Waals surface area contributed by atoms with Gasteiger partial charge in [0.25, 0.3) is 0 Å². The van der Waals surface area contributed by atoms with Crippen LogP contribution in [-0.2, 0) is 22.1 Å². The summed E-state index contributed by atoms with van der Waals surface area (Å²) in [7, 11) is -11.2. The van der Waals surface area contributed by atoms with Crippen LogP contribution in [0.25, 0.3) is 0 Å². The van der Waals surface area contributed by atoms with E-state index in [4.69, 9.17) is 0 Å². The SMILES string of the molecule is CC(C)=CCC/C(C)=C/CCC(C)=CCn1cc(CC(P(=O)([O-])[O-])P(=O)([O-])[O-])nn1.[Na+].[Na+].[Na+].[Na+]. The Morgan fingerprint density at radius 3 is 1.82 bits per heavy atom. The summed E-state index contributed by atoms with van der Waals surface area (Å²) in [6.07, 6.45) is 10.8. The first-order chi connectivity index (χ1) is 13.8. The van der Waals surface area contributed by atoms with E-state index in [1.807, 2.05) is 13.0 Å². The molecule has 1 aromatic heterocycles. The Hall–Kier alpha value is 2.66. The summed E-state index contributed by atoms with van der Waals surface area (Å²) < 4.78 is 23.5. The molecule has 170 valence electrons. The molecule has 1 aromatic rings. The molecule has 0 aromatic carbocycles. The molecular weight excluding hydrogens is 520 g/mol. The van der Waals surface area contributed by atoms with Crippen molar-refractivity contribution in [3.8, 4) is 0 Å². The minimum atomic E-state index is -5.60. The van der Waals surface area contributed by atoms with Crippen molar-refractivity contribution >= 4 is 15.2 Å². The van der Waals surface area contributed by atoms with Crippen molar-refractivity contribution in [1.82, 2.24) is 15.0 Å². The Bertz CT molecular complexity index is 870. The zero-order chi connectivity index (χ0) is 22.9. The second-order valence-corrected chi connectivity index (χ2v) is 11.5. The normalized spacial score (nSPS) is 12.1. The van der Waals surface area contributed by atoms with Crippen LogP contribution in [0.2, 0.25) is 0 Å². The fourth-order valence-electron chi connectivity index (χ4n) is 2.69. The summed E-state index contributed by atoms with van der Waals surface area (Å²) in [5.41, 5.74) is 3.75. The first kappa shape index (κ1) is 43.7. The van der Waals surface area contributed by atoms with Crippen LogP contribution in [0.15, 0.2) is 41.1 Å². The van der Waals surface area contributed by atoms with Gasteiger partial charge in [0.2, 0.25) is 0 Å². The Balaban J connectivity index is -0.00000112. The van der Waals surface area contributed by atoms with Crippen LogP contribution in [0.1, 0.15) is 59.1 Å². The van der Waals surface area contributed by atoms with Crippen LogP contribution in [0.3, 0.4) is 0 Å². The van der Waals surface area contributed by atoms with E-state index in [-0.39, 0.29) is 124 Å². The van der Waals surface area contributed by atoms with E-state index < -0.39 is 27.0 Å². The van der Waals surface area contributed by atoms with E-state index in [2.05, 4.69) is 43.2 Å². The molecule has 0 bridgehead atoms. The molecule has 0 saturated heterocycles. The summed E-state index contributed by atoms with van der Waals surface area (Å²) in [5, 5.41) is 4.88. The molecule has 0 amide bonds. The van der Waals surface area contributed by atoms with Gasteiger partial charge in [-0.05, 0) is 53.4 Å². The molecule has 0 radical (unpaired) electrons. The van der Waals surface area contributed by atoms with Crippen molar-refractivity contribution in [2.45, 2.75) is 71.7 Å². The van der Waals surface area contributed by atoms with E-state index in [1.54, 1.807) is 0 Å². The maximum atomic E-state index is 11.1. The standard InChI is InChI=1S/C19H33N3O6P2.4Na/c1-15(2)7-5-8-16(3)9-6-10-17(4)11-12-22-14-18(20-21-22)13-19(29(23,24)25)30(26,27)28;;;;/h7,9,11,14,19H,5-6,8,10,12-13H2,1-4H3,(H2,23,24,25)(H2,26,27,28);;;;/q;4*+1/p-4/b16-9+,17-11?;;;;. The molecule has 0 saturated carbocycles. The number of aromatic nitrogens is 3. The third-order valence-corrected chi connectivity index (χ3v) is 7.98. The van der Waals surface area contributed by atoms with Crippen LogP contribution in [0, 0.1) is 0 Å². The second-order valence-electron chi connectivity index (χ2n) is 7.66. The van der Waals surface area contributed by atoms with Crippen molar-refractivity contribution in [1.29, 1.82) is 0 Å². The Morgan fingerprint density at radius 1 is 0.882 bits per heavy atom. The molecule has 0 atom stereocenters. The average molecular weight is 549 g/mol. The fraction of sp³-hybridized carbons (Fsp3) is 0.579. The van der Waals surface area contributed by atoms with Gasteiger partial charge in [-0.2, -0.15) is 0 Å². The van der Waals surface area contributed by atoms with E-state index in [0.717, 1.165) is 31.3 Å². The third kappa shape index (κ3) is 19.7. The largest absolute Gasteiger partial charge is 1.00 e. The molecule has 9 nitrogen and oxygen atoms in total. The molecule has 0 spiro atoms. The number of hydrogen-bond donors (Lipinski definition) is 0. The van der Waals surface area contributed by atoms with Gasteiger partial charge < -0.3 is 28.7 Å². The van der Waals surface area contributed by atoms with Crippen LogP contribution in [0.5, 0.6) is 0 Å². The minimum absolute atomic E-state index is 0. The number of hydrogen-bond acceptors (Lipinski definition) is 8. The Kier molecular flexibility index (Phi) is 27.6. The van der Waals surface area contributed by atoms with Crippen molar-refractivity contribution in [3.05, 3.63) is 46.8 Å². The van der Waals surface area contributed by atoms with Gasteiger partial charge in [0, 0.05) is 18.0 Å². The fourth-order valence-corrected chi connectivity index (χ4v) is 4.90. The van der Waals surface area contributed by atoms with E-state index in [9.17, 15) is 28.7 Å². The van der Waals surface area contributed by atoms with Crippen LogP contribution in [0.4, 0.5) is 0 Å². The van der Waals surface area contributed by atoms with Crippen molar-refractivity contribution in [2.24, 2.45) is 0 Å². The monoisotopic (exact) mass is 549 g/mol. The maximum Gasteiger partial charge on any atom is 1.00 e. The summed E-state index contributed by atoms with van der Waals surface area (Å²) in [5.74, 6) is 0. The van der Waals surface area contributed by atoms with Gasteiger partial charge in [-0.3, -0.25) is 0 Å². The molecule has 1 heterocycles. The molecule has 0 N–H and O–H groups in total. The molecule has 0 unspecified atom stereocenters. The van der Waals surface area contributed by atoms with Gasteiger partial charge in [-0.1, -0.05) is 55.4 Å². The molecule has 0 aliphatic rings. The first-order valence-corrected chi connectivity index (χ1v) is 12.9. The average Bonchev–Trinajstić information content (AvgIpc) is 3.03. The molecule has 0 fully saturated rings. The van der Waals surface area contributed by atoms with Gasteiger partial charge in [0.05, 0.1) is 12.2 Å². The number of nitrogens with zero attached hydrogens (tertiary/aromatic N) is 3. The predicted molar refractivity (Wildman–Crippen MR) is 108 cm³/mol. The number of rotatable bonds is 12. The first-order valence-electron chi connectivity index (χ1n) is 9.66. The summed E-state index contributed by atoms with van der Waals surface area (Å²) in [6.45, 7) is 8.62. The van der Waals surface area contributed by atoms with Crippen molar-refractivity contribution in [2.75, 3.05) is 0 Å². The van der Waals surface area contributed by atoms with E-state index >= 15 is 0 Å². The van der Waals surface area contributed by atoms with Gasteiger partial charge >= 0.3 is 118 Å². The van der Waals surface area contributed by atoms with Gasteiger partial charge in [-0.25, -0.2) is 4.68 Å².